The van der Waals surface area contributed by atoms with Gasteiger partial charge < -0.3 is 10.2 Å². The van der Waals surface area contributed by atoms with Crippen LogP contribution in [0.2, 0.25) is 0 Å². The number of nitrogens with one attached hydrogen (secondary N) is 1. The number of nitriles is 1. The van der Waals surface area contributed by atoms with E-state index in [1.165, 1.54) is 12.8 Å². The van der Waals surface area contributed by atoms with Gasteiger partial charge in [0.25, 0.3) is 0 Å². The summed E-state index contributed by atoms with van der Waals surface area (Å²) in [7, 11) is 2.08. The normalized spacial score (nSPS) is 15.6. The highest BCUT2D eigenvalue weighted by Crippen LogP contribution is 2.18. The molecule has 1 aromatic heterocycles. The molecule has 0 spiro atoms. The lowest BCUT2D eigenvalue weighted by molar-refractivity contribution is 0.378. The predicted octanol–water partition coefficient (Wildman–Crippen LogP) is 1.81. The van der Waals surface area contributed by atoms with Gasteiger partial charge in [-0.15, -0.1) is 12.4 Å². The number of anilines is 1. The third kappa shape index (κ3) is 3.86. The summed E-state index contributed by atoms with van der Waals surface area (Å²) in [6.07, 6.45) is 4.17. The van der Waals surface area contributed by atoms with Gasteiger partial charge in [0.15, 0.2) is 0 Å². The second-order valence-corrected chi connectivity index (χ2v) is 4.58. The van der Waals surface area contributed by atoms with E-state index in [1.807, 2.05) is 12.1 Å². The van der Waals surface area contributed by atoms with Gasteiger partial charge >= 0.3 is 0 Å². The van der Waals surface area contributed by atoms with Gasteiger partial charge in [-0.25, -0.2) is 4.98 Å². The fraction of sp³-hybridized carbons (Fsp3) is 0.538. The maximum Gasteiger partial charge on any atom is 0.142 e. The summed E-state index contributed by atoms with van der Waals surface area (Å²) in [4.78, 5) is 6.21. The Kier molecular flexibility index (Phi) is 5.90. The number of hydrogen-bond donors (Lipinski definition) is 1. The van der Waals surface area contributed by atoms with E-state index in [2.05, 4.69) is 28.3 Å². The van der Waals surface area contributed by atoms with Crippen molar-refractivity contribution in [3.8, 4) is 6.07 Å². The fourth-order valence-corrected chi connectivity index (χ4v) is 2.27. The lowest BCUT2D eigenvalue weighted by atomic mass is 9.97. The predicted molar refractivity (Wildman–Crippen MR) is 75.1 cm³/mol. The number of nitrogens with zero attached hydrogens (tertiary/aromatic N) is 3. The van der Waals surface area contributed by atoms with E-state index in [0.29, 0.717) is 5.69 Å². The van der Waals surface area contributed by atoms with Gasteiger partial charge in [-0.3, -0.25) is 0 Å². The van der Waals surface area contributed by atoms with Crippen LogP contribution >= 0.6 is 12.4 Å². The van der Waals surface area contributed by atoms with Crippen LogP contribution in [0.5, 0.6) is 0 Å². The van der Waals surface area contributed by atoms with Crippen LogP contribution in [0.3, 0.4) is 0 Å². The van der Waals surface area contributed by atoms with Crippen molar-refractivity contribution in [3.63, 3.8) is 0 Å². The van der Waals surface area contributed by atoms with Crippen molar-refractivity contribution in [2.24, 2.45) is 5.92 Å². The lowest BCUT2D eigenvalue weighted by Gasteiger charge is -2.28. The highest BCUT2D eigenvalue weighted by Gasteiger charge is 2.15. The second kappa shape index (κ2) is 7.20. The Hall–Kier alpha value is -1.31. The van der Waals surface area contributed by atoms with Crippen LogP contribution in [-0.2, 0) is 0 Å². The molecule has 0 amide bonds. The summed E-state index contributed by atoms with van der Waals surface area (Å²) in [6, 6.07) is 5.89. The molecular weight excluding hydrogens is 248 g/mol. The van der Waals surface area contributed by atoms with Crippen LogP contribution in [-0.4, -0.2) is 31.7 Å². The van der Waals surface area contributed by atoms with Gasteiger partial charge in [-0.05, 0) is 44.0 Å². The maximum atomic E-state index is 8.83. The lowest BCUT2D eigenvalue weighted by Crippen LogP contribution is -2.34. The highest BCUT2D eigenvalue weighted by molar-refractivity contribution is 5.85. The van der Waals surface area contributed by atoms with E-state index in [9.17, 15) is 0 Å². The smallest absolute Gasteiger partial charge is 0.142 e. The topological polar surface area (TPSA) is 52.0 Å². The largest absolute Gasteiger partial charge is 0.374 e. The molecule has 98 valence electrons. The molecule has 0 radical (unpaired) electrons. The van der Waals surface area contributed by atoms with Crippen molar-refractivity contribution in [2.75, 3.05) is 31.6 Å². The molecule has 0 bridgehead atoms. The Morgan fingerprint density at radius 2 is 2.22 bits per heavy atom. The quantitative estimate of drug-likeness (QED) is 0.907. The molecule has 0 aromatic carbocycles. The summed E-state index contributed by atoms with van der Waals surface area (Å²) < 4.78 is 0. The van der Waals surface area contributed by atoms with Crippen molar-refractivity contribution in [3.05, 3.63) is 24.0 Å². The minimum Gasteiger partial charge on any atom is -0.374 e. The SMILES string of the molecule is CN(CC1CCNCC1)c1ccnc(C#N)c1.Cl. The molecule has 1 fully saturated rings. The zero-order chi connectivity index (χ0) is 12.1. The molecule has 1 N–H and O–H groups in total. The Balaban J connectivity index is 0.00000162. The van der Waals surface area contributed by atoms with E-state index in [1.54, 1.807) is 6.20 Å². The average molecular weight is 267 g/mol. The number of halogens is 1. The molecule has 1 aromatic rings. The maximum absolute atomic E-state index is 8.83. The van der Waals surface area contributed by atoms with Gasteiger partial charge in [0.05, 0.1) is 0 Å². The minimum atomic E-state index is 0. The van der Waals surface area contributed by atoms with Gasteiger partial charge in [-0.2, -0.15) is 5.26 Å². The molecule has 2 heterocycles. The van der Waals surface area contributed by atoms with Crippen LogP contribution in [0, 0.1) is 17.2 Å². The molecule has 5 heteroatoms. The fourth-order valence-electron chi connectivity index (χ4n) is 2.27. The third-order valence-corrected chi connectivity index (χ3v) is 3.29. The Morgan fingerprint density at radius 1 is 1.50 bits per heavy atom. The highest BCUT2D eigenvalue weighted by atomic mass is 35.5. The van der Waals surface area contributed by atoms with Crippen molar-refractivity contribution < 1.29 is 0 Å². The summed E-state index contributed by atoms with van der Waals surface area (Å²) in [5.74, 6) is 0.750. The molecular formula is C13H19ClN4. The molecule has 0 aliphatic carbocycles. The van der Waals surface area contributed by atoms with Gasteiger partial charge in [-0.1, -0.05) is 0 Å². The molecule has 1 aliphatic heterocycles. The first-order valence-corrected chi connectivity index (χ1v) is 6.07. The summed E-state index contributed by atoms with van der Waals surface area (Å²) in [5, 5.41) is 12.2. The summed E-state index contributed by atoms with van der Waals surface area (Å²) in [6.45, 7) is 3.30. The molecule has 4 nitrogen and oxygen atoms in total. The number of rotatable bonds is 3. The van der Waals surface area contributed by atoms with Gasteiger partial charge in [0.2, 0.25) is 0 Å². The van der Waals surface area contributed by atoms with E-state index in [0.717, 1.165) is 31.2 Å². The van der Waals surface area contributed by atoms with E-state index in [4.69, 9.17) is 5.26 Å². The summed E-state index contributed by atoms with van der Waals surface area (Å²) in [5.41, 5.74) is 1.56. The van der Waals surface area contributed by atoms with Gasteiger partial charge in [0, 0.05) is 25.5 Å². The Morgan fingerprint density at radius 3 is 2.89 bits per heavy atom. The van der Waals surface area contributed by atoms with Gasteiger partial charge in [0.1, 0.15) is 11.8 Å². The molecule has 2 rings (SSSR count). The zero-order valence-electron chi connectivity index (χ0n) is 10.6. The second-order valence-electron chi connectivity index (χ2n) is 4.58. The van der Waals surface area contributed by atoms with Crippen molar-refractivity contribution in [1.82, 2.24) is 10.3 Å². The Bertz CT molecular complexity index is 410. The molecule has 0 saturated carbocycles. The first-order chi connectivity index (χ1) is 8.29. The van der Waals surface area contributed by atoms with Crippen molar-refractivity contribution >= 4 is 18.1 Å². The molecule has 0 unspecified atom stereocenters. The molecule has 18 heavy (non-hydrogen) atoms. The van der Waals surface area contributed by atoms with Crippen molar-refractivity contribution in [1.29, 1.82) is 5.26 Å². The molecule has 1 aliphatic rings. The van der Waals surface area contributed by atoms with Crippen LogP contribution in [0.25, 0.3) is 0 Å². The minimum absolute atomic E-state index is 0. The number of piperidine rings is 1. The van der Waals surface area contributed by atoms with E-state index in [-0.39, 0.29) is 12.4 Å². The molecule has 1 saturated heterocycles. The number of hydrogen-bond acceptors (Lipinski definition) is 4. The van der Waals surface area contributed by atoms with Crippen molar-refractivity contribution in [2.45, 2.75) is 12.8 Å². The third-order valence-electron chi connectivity index (χ3n) is 3.29. The first-order valence-electron chi connectivity index (χ1n) is 6.07. The summed E-state index contributed by atoms with van der Waals surface area (Å²) >= 11 is 0. The standard InChI is InChI=1S/C13H18N4.ClH/c1-17(10-11-2-5-15-6-3-11)13-4-7-16-12(8-13)9-14;/h4,7-8,11,15H,2-3,5-6,10H2,1H3;1H. The van der Waals surface area contributed by atoms with E-state index < -0.39 is 0 Å². The van der Waals surface area contributed by atoms with E-state index >= 15 is 0 Å². The number of aromatic nitrogens is 1. The first kappa shape index (κ1) is 14.7. The van der Waals surface area contributed by atoms with Crippen LogP contribution in [0.4, 0.5) is 5.69 Å². The van der Waals surface area contributed by atoms with Crippen LogP contribution < -0.4 is 10.2 Å². The Labute approximate surface area is 114 Å². The monoisotopic (exact) mass is 266 g/mol. The van der Waals surface area contributed by atoms with Crippen LogP contribution in [0.15, 0.2) is 18.3 Å². The number of pyridine rings is 1. The zero-order valence-corrected chi connectivity index (χ0v) is 11.4. The average Bonchev–Trinajstić information content (AvgIpc) is 2.40. The van der Waals surface area contributed by atoms with Crippen LogP contribution in [0.1, 0.15) is 18.5 Å². The molecule has 0 atom stereocenters.